The van der Waals surface area contributed by atoms with E-state index in [9.17, 15) is 4.39 Å². The van der Waals surface area contributed by atoms with E-state index in [1.807, 2.05) is 0 Å². The van der Waals surface area contributed by atoms with Gasteiger partial charge < -0.3 is 5.32 Å². The Hall–Kier alpha value is -2.94. The largest absolute Gasteiger partial charge is 0.369 e. The number of benzene rings is 1. The van der Waals surface area contributed by atoms with Gasteiger partial charge in [0.05, 0.1) is 18.1 Å². The summed E-state index contributed by atoms with van der Waals surface area (Å²) in [6.45, 7) is 0.688. The van der Waals surface area contributed by atoms with Gasteiger partial charge >= 0.3 is 0 Å². The standard InChI is InChI=1S/C16H14FN7S/c17-12-4-2-1-3-11(12)13-9-15(24-14(21-13)5-6-20-24)18-7-8-25-16-10-19-23-22-16/h1-6,9-10,18H,7-8H2,(H,19,22,23). The van der Waals surface area contributed by atoms with E-state index < -0.39 is 0 Å². The molecule has 4 rings (SSSR count). The first-order valence-electron chi connectivity index (χ1n) is 7.63. The van der Waals surface area contributed by atoms with Crippen molar-refractivity contribution in [3.05, 3.63) is 54.6 Å². The third-order valence-electron chi connectivity index (χ3n) is 3.56. The molecule has 0 spiro atoms. The van der Waals surface area contributed by atoms with Crippen molar-refractivity contribution in [2.75, 3.05) is 17.6 Å². The molecule has 0 aliphatic carbocycles. The third kappa shape index (κ3) is 3.31. The maximum Gasteiger partial charge on any atom is 0.157 e. The first kappa shape index (κ1) is 15.6. The number of hydrogen-bond acceptors (Lipinski definition) is 6. The lowest BCUT2D eigenvalue weighted by molar-refractivity contribution is 0.630. The van der Waals surface area contributed by atoms with E-state index in [1.165, 1.54) is 6.07 Å². The van der Waals surface area contributed by atoms with Gasteiger partial charge in [0, 0.05) is 30.0 Å². The van der Waals surface area contributed by atoms with Crippen LogP contribution in [0.25, 0.3) is 16.9 Å². The van der Waals surface area contributed by atoms with E-state index in [-0.39, 0.29) is 5.82 Å². The van der Waals surface area contributed by atoms with E-state index in [0.717, 1.165) is 16.6 Å². The average molecular weight is 355 g/mol. The molecule has 0 aliphatic rings. The number of aromatic nitrogens is 6. The van der Waals surface area contributed by atoms with Crippen LogP contribution in [0.5, 0.6) is 0 Å². The van der Waals surface area contributed by atoms with Crippen LogP contribution in [0.1, 0.15) is 0 Å². The number of anilines is 1. The van der Waals surface area contributed by atoms with E-state index in [1.54, 1.807) is 59.0 Å². The molecule has 0 unspecified atom stereocenters. The summed E-state index contributed by atoms with van der Waals surface area (Å²) in [6.07, 6.45) is 3.35. The maximum absolute atomic E-state index is 14.1. The van der Waals surface area contributed by atoms with Gasteiger partial charge in [-0.25, -0.2) is 9.37 Å². The van der Waals surface area contributed by atoms with Crippen molar-refractivity contribution in [2.45, 2.75) is 5.03 Å². The van der Waals surface area contributed by atoms with Crippen molar-refractivity contribution < 1.29 is 4.39 Å². The molecular weight excluding hydrogens is 341 g/mol. The number of aromatic amines is 1. The second-order valence-corrected chi connectivity index (χ2v) is 6.31. The highest BCUT2D eigenvalue weighted by Gasteiger charge is 2.11. The molecule has 0 atom stereocenters. The average Bonchev–Trinajstić information content (AvgIpc) is 3.30. The first-order chi connectivity index (χ1) is 12.3. The van der Waals surface area contributed by atoms with Gasteiger partial charge in [0.2, 0.25) is 0 Å². The van der Waals surface area contributed by atoms with Crippen LogP contribution in [0.3, 0.4) is 0 Å². The number of fused-ring (bicyclic) bond motifs is 1. The predicted molar refractivity (Wildman–Crippen MR) is 94.0 cm³/mol. The monoisotopic (exact) mass is 355 g/mol. The molecule has 7 nitrogen and oxygen atoms in total. The normalized spacial score (nSPS) is 11.1. The molecule has 0 saturated carbocycles. The van der Waals surface area contributed by atoms with Gasteiger partial charge in [0.25, 0.3) is 0 Å². The van der Waals surface area contributed by atoms with Crippen LogP contribution in [-0.2, 0) is 0 Å². The van der Waals surface area contributed by atoms with E-state index in [2.05, 4.69) is 30.8 Å². The van der Waals surface area contributed by atoms with Gasteiger partial charge in [-0.2, -0.15) is 19.9 Å². The minimum Gasteiger partial charge on any atom is -0.369 e. The van der Waals surface area contributed by atoms with Crippen LogP contribution in [0.15, 0.2) is 53.8 Å². The molecule has 4 aromatic rings. The molecule has 126 valence electrons. The molecule has 0 saturated heterocycles. The third-order valence-corrected chi connectivity index (χ3v) is 4.46. The van der Waals surface area contributed by atoms with Crippen LogP contribution in [0, 0.1) is 5.82 Å². The lowest BCUT2D eigenvalue weighted by Crippen LogP contribution is -2.09. The summed E-state index contributed by atoms with van der Waals surface area (Å²) in [5.74, 6) is 1.26. The second kappa shape index (κ2) is 6.89. The van der Waals surface area contributed by atoms with Crippen molar-refractivity contribution in [2.24, 2.45) is 0 Å². The van der Waals surface area contributed by atoms with Gasteiger partial charge in [-0.05, 0) is 12.1 Å². The van der Waals surface area contributed by atoms with Gasteiger partial charge in [-0.3, -0.25) is 0 Å². The van der Waals surface area contributed by atoms with Gasteiger partial charge in [0.1, 0.15) is 16.7 Å². The molecule has 3 heterocycles. The van der Waals surface area contributed by atoms with Crippen molar-refractivity contribution in [1.29, 1.82) is 0 Å². The fourth-order valence-electron chi connectivity index (χ4n) is 2.44. The minimum atomic E-state index is -0.300. The molecule has 0 radical (unpaired) electrons. The van der Waals surface area contributed by atoms with Crippen LogP contribution in [0.2, 0.25) is 0 Å². The molecule has 2 N–H and O–H groups in total. The van der Waals surface area contributed by atoms with Crippen molar-refractivity contribution >= 4 is 23.2 Å². The smallest absolute Gasteiger partial charge is 0.157 e. The predicted octanol–water partition coefficient (Wildman–Crippen LogP) is 2.86. The Morgan fingerprint density at radius 1 is 1.24 bits per heavy atom. The summed E-state index contributed by atoms with van der Waals surface area (Å²) in [5.41, 5.74) is 1.69. The van der Waals surface area contributed by atoms with Gasteiger partial charge in [0.15, 0.2) is 5.65 Å². The Labute approximate surface area is 146 Å². The minimum absolute atomic E-state index is 0.300. The highest BCUT2D eigenvalue weighted by atomic mass is 32.2. The molecule has 0 bridgehead atoms. The number of thioether (sulfide) groups is 1. The lowest BCUT2D eigenvalue weighted by Gasteiger charge is -2.10. The number of H-pyrrole nitrogens is 1. The van der Waals surface area contributed by atoms with Gasteiger partial charge in [-0.1, -0.05) is 12.1 Å². The number of rotatable bonds is 6. The summed E-state index contributed by atoms with van der Waals surface area (Å²) in [7, 11) is 0. The number of hydrogen-bond donors (Lipinski definition) is 2. The summed E-state index contributed by atoms with van der Waals surface area (Å²) in [5, 5.41) is 18.8. The maximum atomic E-state index is 14.1. The van der Waals surface area contributed by atoms with Crippen LogP contribution in [-0.4, -0.2) is 42.3 Å². The fraction of sp³-hybridized carbons (Fsp3) is 0.125. The van der Waals surface area contributed by atoms with Crippen molar-refractivity contribution in [3.63, 3.8) is 0 Å². The van der Waals surface area contributed by atoms with E-state index >= 15 is 0 Å². The van der Waals surface area contributed by atoms with Crippen molar-refractivity contribution in [1.82, 2.24) is 30.0 Å². The zero-order valence-electron chi connectivity index (χ0n) is 13.1. The highest BCUT2D eigenvalue weighted by Crippen LogP contribution is 2.24. The summed E-state index contributed by atoms with van der Waals surface area (Å²) >= 11 is 1.58. The number of halogens is 1. The van der Waals surface area contributed by atoms with E-state index in [4.69, 9.17) is 0 Å². The summed E-state index contributed by atoms with van der Waals surface area (Å²) in [6, 6.07) is 10.2. The van der Waals surface area contributed by atoms with Crippen LogP contribution in [0.4, 0.5) is 10.2 Å². The first-order valence-corrected chi connectivity index (χ1v) is 8.62. The second-order valence-electron chi connectivity index (χ2n) is 5.19. The molecule has 0 amide bonds. The Kier molecular flexibility index (Phi) is 4.30. The summed E-state index contributed by atoms with van der Waals surface area (Å²) < 4.78 is 15.8. The van der Waals surface area contributed by atoms with Crippen LogP contribution >= 0.6 is 11.8 Å². The molecule has 25 heavy (non-hydrogen) atoms. The molecule has 0 fully saturated rings. The zero-order chi connectivity index (χ0) is 17.1. The van der Waals surface area contributed by atoms with Crippen molar-refractivity contribution in [3.8, 4) is 11.3 Å². The van der Waals surface area contributed by atoms with E-state index in [0.29, 0.717) is 23.4 Å². The molecule has 0 aliphatic heterocycles. The fourth-order valence-corrected chi connectivity index (χ4v) is 3.09. The Balaban J connectivity index is 1.57. The summed E-state index contributed by atoms with van der Waals surface area (Å²) in [4.78, 5) is 4.49. The van der Waals surface area contributed by atoms with Gasteiger partial charge in [-0.15, -0.1) is 16.9 Å². The molecular formula is C16H14FN7S. The lowest BCUT2D eigenvalue weighted by atomic mass is 10.1. The molecule has 1 aromatic carbocycles. The van der Waals surface area contributed by atoms with Crippen LogP contribution < -0.4 is 5.32 Å². The SMILES string of the molecule is Fc1ccccc1-c1cc(NCCSc2cn[nH]n2)n2nccc2n1. The number of nitrogens with one attached hydrogen (secondary N) is 2. The topological polar surface area (TPSA) is 83.8 Å². The Bertz CT molecular complexity index is 983. The molecule has 3 aromatic heterocycles. The number of nitrogens with zero attached hydrogens (tertiary/aromatic N) is 5. The Morgan fingerprint density at radius 2 is 2.16 bits per heavy atom. The quantitative estimate of drug-likeness (QED) is 0.409. The molecule has 9 heteroatoms. The Morgan fingerprint density at radius 3 is 3.00 bits per heavy atom. The highest BCUT2D eigenvalue weighted by molar-refractivity contribution is 7.99. The zero-order valence-corrected chi connectivity index (χ0v) is 13.9.